The molecule has 1 unspecified atom stereocenters. The molecule has 1 amide bonds. The lowest BCUT2D eigenvalue weighted by Crippen LogP contribution is -2.44. The van der Waals surface area contributed by atoms with Crippen LogP contribution in [-0.2, 0) is 16.1 Å². The number of aromatic nitrogens is 2. The Kier molecular flexibility index (Phi) is 4.87. The molecule has 1 aromatic rings. The number of hydrogen-bond acceptors (Lipinski definition) is 4. The van der Waals surface area contributed by atoms with Crippen LogP contribution in [-0.4, -0.2) is 59.2 Å². The highest BCUT2D eigenvalue weighted by Crippen LogP contribution is 2.20. The van der Waals surface area contributed by atoms with E-state index in [4.69, 9.17) is 4.74 Å². The molecular formula is C15H24N4O2. The minimum Gasteiger partial charge on any atom is -0.375 e. The van der Waals surface area contributed by atoms with Gasteiger partial charge in [-0.1, -0.05) is 0 Å². The molecule has 1 N–H and O–H groups in total. The molecule has 2 fully saturated rings. The zero-order chi connectivity index (χ0) is 14.5. The molecule has 2 aliphatic heterocycles. The average Bonchev–Trinajstić information content (AvgIpc) is 3.02. The Labute approximate surface area is 125 Å². The molecule has 6 heteroatoms. The van der Waals surface area contributed by atoms with Gasteiger partial charge in [-0.25, -0.2) is 4.98 Å². The molecule has 1 atom stereocenters. The fraction of sp³-hybridized carbons (Fsp3) is 0.733. The van der Waals surface area contributed by atoms with Crippen molar-refractivity contribution < 1.29 is 9.53 Å². The molecular weight excluding hydrogens is 268 g/mol. The lowest BCUT2D eigenvalue weighted by Gasteiger charge is -2.33. The molecule has 3 heterocycles. The average molecular weight is 292 g/mol. The molecule has 3 rings (SSSR count). The Hall–Kier alpha value is -1.40. The van der Waals surface area contributed by atoms with Crippen molar-refractivity contribution in [3.8, 4) is 0 Å². The van der Waals surface area contributed by atoms with Gasteiger partial charge in [0.15, 0.2) is 0 Å². The van der Waals surface area contributed by atoms with Crippen molar-refractivity contribution in [1.29, 1.82) is 0 Å². The minimum atomic E-state index is 0.0509. The number of nitrogens with one attached hydrogen (secondary N) is 1. The first-order valence-electron chi connectivity index (χ1n) is 7.87. The molecule has 116 valence electrons. The van der Waals surface area contributed by atoms with Crippen LogP contribution < -0.4 is 5.32 Å². The lowest BCUT2D eigenvalue weighted by molar-refractivity contribution is -0.136. The van der Waals surface area contributed by atoms with Gasteiger partial charge < -0.3 is 19.5 Å². The van der Waals surface area contributed by atoms with E-state index in [2.05, 4.69) is 14.9 Å². The van der Waals surface area contributed by atoms with Crippen LogP contribution >= 0.6 is 0 Å². The van der Waals surface area contributed by atoms with Gasteiger partial charge in [-0.3, -0.25) is 4.79 Å². The second-order valence-corrected chi connectivity index (χ2v) is 5.98. The zero-order valence-corrected chi connectivity index (χ0v) is 12.4. The van der Waals surface area contributed by atoms with Gasteiger partial charge in [-0.2, -0.15) is 0 Å². The number of carbonyl (C=O) groups excluding carboxylic acids is 1. The summed E-state index contributed by atoms with van der Waals surface area (Å²) in [6.45, 7) is 5.16. The van der Waals surface area contributed by atoms with E-state index in [0.717, 1.165) is 45.6 Å². The highest BCUT2D eigenvalue weighted by Gasteiger charge is 2.25. The summed E-state index contributed by atoms with van der Waals surface area (Å²) in [5.74, 6) is 0.889. The van der Waals surface area contributed by atoms with Crippen LogP contribution in [0.25, 0.3) is 0 Å². The number of carbonyl (C=O) groups is 1. The highest BCUT2D eigenvalue weighted by atomic mass is 16.5. The minimum absolute atomic E-state index is 0.0509. The maximum absolute atomic E-state index is 12.3. The van der Waals surface area contributed by atoms with Gasteiger partial charge in [-0.05, 0) is 18.8 Å². The molecule has 0 saturated carbocycles. The van der Waals surface area contributed by atoms with E-state index in [9.17, 15) is 4.79 Å². The summed E-state index contributed by atoms with van der Waals surface area (Å²) in [5, 5.41) is 3.27. The number of hydrogen-bond donors (Lipinski definition) is 1. The lowest BCUT2D eigenvalue weighted by atomic mass is 9.96. The fourth-order valence-electron chi connectivity index (χ4n) is 3.13. The van der Waals surface area contributed by atoms with Crippen LogP contribution in [0.4, 0.5) is 0 Å². The van der Waals surface area contributed by atoms with E-state index in [-0.39, 0.29) is 12.0 Å². The van der Waals surface area contributed by atoms with Crippen LogP contribution in [0, 0.1) is 5.92 Å². The van der Waals surface area contributed by atoms with E-state index in [0.29, 0.717) is 18.9 Å². The largest absolute Gasteiger partial charge is 0.375 e. The fourth-order valence-corrected chi connectivity index (χ4v) is 3.13. The van der Waals surface area contributed by atoms with Gasteiger partial charge >= 0.3 is 0 Å². The summed E-state index contributed by atoms with van der Waals surface area (Å²) in [5.41, 5.74) is 0. The standard InChI is InChI=1S/C15H24N4O2/c20-15(9-14-10-16-4-8-21-14)19-5-1-13(2-6-19)11-18-7-3-17-12-18/h3,7,12-14,16H,1-2,4-6,8-11H2. The maximum atomic E-state index is 12.3. The Balaban J connectivity index is 1.41. The molecule has 0 radical (unpaired) electrons. The smallest absolute Gasteiger partial charge is 0.225 e. The molecule has 0 bridgehead atoms. The Morgan fingerprint density at radius 3 is 2.90 bits per heavy atom. The van der Waals surface area contributed by atoms with Crippen LogP contribution in [0.5, 0.6) is 0 Å². The Morgan fingerprint density at radius 2 is 2.24 bits per heavy atom. The van der Waals surface area contributed by atoms with E-state index < -0.39 is 0 Å². The predicted octanol–water partition coefficient (Wildman–Crippen LogP) is 0.500. The van der Waals surface area contributed by atoms with Crippen molar-refractivity contribution in [2.45, 2.75) is 31.9 Å². The molecule has 21 heavy (non-hydrogen) atoms. The number of morpholine rings is 1. The molecule has 0 spiro atoms. The number of likely N-dealkylation sites (tertiary alicyclic amines) is 1. The number of ether oxygens (including phenoxy) is 1. The third-order valence-electron chi connectivity index (χ3n) is 4.40. The molecule has 0 aromatic carbocycles. The first-order valence-corrected chi connectivity index (χ1v) is 7.87. The quantitative estimate of drug-likeness (QED) is 0.878. The van der Waals surface area contributed by atoms with Gasteiger partial charge in [-0.15, -0.1) is 0 Å². The number of imidazole rings is 1. The van der Waals surface area contributed by atoms with E-state index in [1.165, 1.54) is 0 Å². The summed E-state index contributed by atoms with van der Waals surface area (Å²) in [4.78, 5) is 18.4. The molecule has 0 aliphatic carbocycles. The number of rotatable bonds is 4. The monoisotopic (exact) mass is 292 g/mol. The van der Waals surface area contributed by atoms with Crippen molar-refractivity contribution in [3.05, 3.63) is 18.7 Å². The van der Waals surface area contributed by atoms with Gasteiger partial charge in [0.05, 0.1) is 25.5 Å². The van der Waals surface area contributed by atoms with Crippen LogP contribution in [0.1, 0.15) is 19.3 Å². The third-order valence-corrected chi connectivity index (χ3v) is 4.40. The summed E-state index contributed by atoms with van der Waals surface area (Å²) < 4.78 is 7.74. The van der Waals surface area contributed by atoms with Crippen molar-refractivity contribution in [1.82, 2.24) is 19.8 Å². The van der Waals surface area contributed by atoms with E-state index in [1.54, 1.807) is 0 Å². The van der Waals surface area contributed by atoms with E-state index >= 15 is 0 Å². The van der Waals surface area contributed by atoms with Gasteiger partial charge in [0, 0.05) is 45.1 Å². The first kappa shape index (κ1) is 14.5. The van der Waals surface area contributed by atoms with Crippen molar-refractivity contribution in [2.24, 2.45) is 5.92 Å². The second-order valence-electron chi connectivity index (χ2n) is 5.98. The summed E-state index contributed by atoms with van der Waals surface area (Å²) in [6, 6.07) is 0. The topological polar surface area (TPSA) is 59.4 Å². The normalized spacial score (nSPS) is 24.2. The van der Waals surface area contributed by atoms with Crippen molar-refractivity contribution in [3.63, 3.8) is 0 Å². The molecule has 2 saturated heterocycles. The third kappa shape index (κ3) is 4.04. The second kappa shape index (κ2) is 7.04. The van der Waals surface area contributed by atoms with Gasteiger partial charge in [0.2, 0.25) is 5.91 Å². The molecule has 6 nitrogen and oxygen atoms in total. The predicted molar refractivity (Wildman–Crippen MR) is 78.8 cm³/mol. The van der Waals surface area contributed by atoms with Crippen molar-refractivity contribution in [2.75, 3.05) is 32.8 Å². The molecule has 1 aromatic heterocycles. The number of nitrogens with zero attached hydrogens (tertiary/aromatic N) is 3. The van der Waals surface area contributed by atoms with Crippen LogP contribution in [0.2, 0.25) is 0 Å². The Morgan fingerprint density at radius 1 is 1.38 bits per heavy atom. The number of piperidine rings is 1. The zero-order valence-electron chi connectivity index (χ0n) is 12.4. The Bertz CT molecular complexity index is 435. The highest BCUT2D eigenvalue weighted by molar-refractivity contribution is 5.76. The van der Waals surface area contributed by atoms with Crippen LogP contribution in [0.15, 0.2) is 18.7 Å². The summed E-state index contributed by atoms with van der Waals surface area (Å²) in [6.07, 6.45) is 8.41. The summed E-state index contributed by atoms with van der Waals surface area (Å²) >= 11 is 0. The van der Waals surface area contributed by atoms with E-state index in [1.807, 2.05) is 23.6 Å². The van der Waals surface area contributed by atoms with Gasteiger partial charge in [0.25, 0.3) is 0 Å². The van der Waals surface area contributed by atoms with Gasteiger partial charge in [0.1, 0.15) is 0 Å². The summed E-state index contributed by atoms with van der Waals surface area (Å²) in [7, 11) is 0. The number of amides is 1. The maximum Gasteiger partial charge on any atom is 0.225 e. The van der Waals surface area contributed by atoms with Crippen LogP contribution in [0.3, 0.4) is 0 Å². The first-order chi connectivity index (χ1) is 10.3. The van der Waals surface area contributed by atoms with Crippen molar-refractivity contribution >= 4 is 5.91 Å². The SMILES string of the molecule is O=C(CC1CNCCO1)N1CCC(Cn2ccnc2)CC1. The molecule has 2 aliphatic rings.